The van der Waals surface area contributed by atoms with Crippen LogP contribution in [0.4, 0.5) is 0 Å². The van der Waals surface area contributed by atoms with Crippen LogP contribution in [0.1, 0.15) is 12.5 Å². The van der Waals surface area contributed by atoms with Gasteiger partial charge in [-0.25, -0.2) is 0 Å². The topological polar surface area (TPSA) is 13.1 Å². The van der Waals surface area contributed by atoms with Gasteiger partial charge in [-0.3, -0.25) is 0 Å². The molecular formula is C9H10IO-. The predicted octanol–water partition coefficient (Wildman–Crippen LogP) is -0.285. The average molecular weight is 261 g/mol. The first-order valence-electron chi connectivity index (χ1n) is 3.33. The van der Waals surface area contributed by atoms with Crippen molar-refractivity contribution in [2.24, 2.45) is 0 Å². The molecule has 1 aromatic heterocycles. The molecule has 0 fully saturated rings. The molecule has 1 rings (SSSR count). The maximum absolute atomic E-state index is 5.28. The normalized spacial score (nSPS) is 11.0. The van der Waals surface area contributed by atoms with Crippen molar-refractivity contribution in [2.45, 2.75) is 6.92 Å². The van der Waals surface area contributed by atoms with Gasteiger partial charge in [0, 0.05) is 0 Å². The van der Waals surface area contributed by atoms with E-state index in [-0.39, 0.29) is 21.2 Å². The van der Waals surface area contributed by atoms with E-state index in [0.29, 0.717) is 0 Å². The van der Waals surface area contributed by atoms with E-state index in [1.165, 1.54) is 5.56 Å². The van der Waals surface area contributed by atoms with E-state index in [4.69, 9.17) is 4.42 Å². The monoisotopic (exact) mass is 261 g/mol. The van der Waals surface area contributed by atoms with E-state index in [1.807, 2.05) is 23.1 Å². The van der Waals surface area contributed by atoms with E-state index in [1.54, 1.807) is 6.26 Å². The third kappa shape index (κ3) is 2.22. The first-order valence-corrected chi connectivity index (χ1v) is 5.65. The Hall–Kier alpha value is -0.510. The minimum absolute atomic E-state index is 0.121. The zero-order valence-electron chi connectivity index (χ0n) is 6.38. The van der Waals surface area contributed by atoms with E-state index in [9.17, 15) is 0 Å². The van der Waals surface area contributed by atoms with Crippen molar-refractivity contribution < 1.29 is 25.6 Å². The third-order valence-corrected chi connectivity index (χ3v) is 3.05. The molecule has 1 heterocycles. The van der Waals surface area contributed by atoms with Crippen molar-refractivity contribution in [3.63, 3.8) is 0 Å². The molecule has 0 N–H and O–H groups in total. The van der Waals surface area contributed by atoms with Gasteiger partial charge >= 0.3 is 77.0 Å². The summed E-state index contributed by atoms with van der Waals surface area (Å²) in [5.41, 5.74) is 1.19. The molecule has 0 radical (unpaired) electrons. The fourth-order valence-corrected chi connectivity index (χ4v) is 2.17. The molecule has 0 aliphatic carbocycles. The van der Waals surface area contributed by atoms with Crippen molar-refractivity contribution in [1.29, 1.82) is 0 Å². The summed E-state index contributed by atoms with van der Waals surface area (Å²) in [7, 11) is 0. The second-order valence-electron chi connectivity index (χ2n) is 1.91. The minimum atomic E-state index is -0.121. The van der Waals surface area contributed by atoms with E-state index >= 15 is 0 Å². The summed E-state index contributed by atoms with van der Waals surface area (Å²) in [4.78, 5) is 0. The zero-order chi connectivity index (χ0) is 8.10. The molecule has 0 unspecified atom stereocenters. The van der Waals surface area contributed by atoms with Crippen LogP contribution in [-0.2, 0) is 0 Å². The van der Waals surface area contributed by atoms with Gasteiger partial charge in [0.2, 0.25) is 0 Å². The number of halogens is 1. The maximum atomic E-state index is 5.28. The van der Waals surface area contributed by atoms with Crippen LogP contribution >= 0.6 is 0 Å². The van der Waals surface area contributed by atoms with E-state index in [2.05, 4.69) is 12.7 Å². The molecule has 0 amide bonds. The van der Waals surface area contributed by atoms with Crippen LogP contribution in [0.25, 0.3) is 6.08 Å². The number of hydrogen-bond donors (Lipinski definition) is 0. The molecular weight excluding hydrogens is 251 g/mol. The van der Waals surface area contributed by atoms with Gasteiger partial charge in [-0.15, -0.1) is 0 Å². The Morgan fingerprint density at radius 3 is 3.09 bits per heavy atom. The standard InChI is InChI=1S/C9H10IO/c1-3-5-8-6-7-11-9(8)10-4-2/h3-7H,2H2,1H3/q-1/b5-3-. The fraction of sp³-hybridized carbons (Fsp3) is 0.111. The molecule has 0 aliphatic heterocycles. The van der Waals surface area contributed by atoms with Gasteiger partial charge < -0.3 is 0 Å². The van der Waals surface area contributed by atoms with E-state index in [0.717, 1.165) is 3.77 Å². The van der Waals surface area contributed by atoms with Gasteiger partial charge in [-0.2, -0.15) is 0 Å². The molecule has 0 atom stereocenters. The molecule has 1 nitrogen and oxygen atoms in total. The molecule has 2 heteroatoms. The summed E-state index contributed by atoms with van der Waals surface area (Å²) >= 11 is -0.121. The molecule has 0 bridgehead atoms. The van der Waals surface area contributed by atoms with Gasteiger partial charge in [0.25, 0.3) is 0 Å². The Balaban J connectivity index is 2.86. The fourth-order valence-electron chi connectivity index (χ4n) is 0.760. The van der Waals surface area contributed by atoms with Crippen molar-refractivity contribution in [3.05, 3.63) is 38.4 Å². The first-order chi connectivity index (χ1) is 5.38. The predicted molar refractivity (Wildman–Crippen MR) is 42.3 cm³/mol. The van der Waals surface area contributed by atoms with Crippen LogP contribution in [0.3, 0.4) is 0 Å². The Labute approximate surface area is 77.1 Å². The summed E-state index contributed by atoms with van der Waals surface area (Å²) in [5, 5.41) is 0. The summed E-state index contributed by atoms with van der Waals surface area (Å²) in [6.45, 7) is 5.70. The van der Waals surface area contributed by atoms with Crippen LogP contribution in [-0.4, -0.2) is 0 Å². The Morgan fingerprint density at radius 2 is 2.45 bits per heavy atom. The molecule has 60 valence electrons. The van der Waals surface area contributed by atoms with Crippen LogP contribution in [0, 0.1) is 3.77 Å². The van der Waals surface area contributed by atoms with Crippen LogP contribution in [0.2, 0.25) is 0 Å². The number of furan rings is 1. The average Bonchev–Trinajstić information content (AvgIpc) is 2.39. The van der Waals surface area contributed by atoms with Crippen LogP contribution in [0.15, 0.2) is 33.5 Å². The van der Waals surface area contributed by atoms with Gasteiger partial charge in [0.1, 0.15) is 0 Å². The summed E-state index contributed by atoms with van der Waals surface area (Å²) in [6, 6.07) is 1.98. The number of allylic oxidation sites excluding steroid dienone is 1. The number of hydrogen-bond acceptors (Lipinski definition) is 1. The van der Waals surface area contributed by atoms with Crippen LogP contribution in [0.5, 0.6) is 0 Å². The van der Waals surface area contributed by atoms with E-state index < -0.39 is 0 Å². The summed E-state index contributed by atoms with van der Waals surface area (Å²) in [5.74, 6) is 0. The van der Waals surface area contributed by atoms with Crippen molar-refractivity contribution in [3.8, 4) is 0 Å². The molecule has 0 aliphatic rings. The van der Waals surface area contributed by atoms with Crippen LogP contribution < -0.4 is 21.2 Å². The van der Waals surface area contributed by atoms with Gasteiger partial charge in [0.05, 0.1) is 0 Å². The van der Waals surface area contributed by atoms with Crippen molar-refractivity contribution in [2.75, 3.05) is 0 Å². The Bertz CT molecular complexity index is 260. The second-order valence-corrected chi connectivity index (χ2v) is 4.40. The molecule has 1 aromatic rings. The Morgan fingerprint density at radius 1 is 1.64 bits per heavy atom. The van der Waals surface area contributed by atoms with Crippen molar-refractivity contribution >= 4 is 6.08 Å². The molecule has 0 saturated heterocycles. The van der Waals surface area contributed by atoms with Crippen molar-refractivity contribution in [1.82, 2.24) is 0 Å². The Kier molecular flexibility index (Phi) is 3.42. The molecule has 0 aromatic carbocycles. The summed E-state index contributed by atoms with van der Waals surface area (Å²) < 4.78 is 8.33. The third-order valence-electron chi connectivity index (χ3n) is 1.17. The summed E-state index contributed by atoms with van der Waals surface area (Å²) in [6.07, 6.45) is 5.80. The quantitative estimate of drug-likeness (QED) is 0.682. The first kappa shape index (κ1) is 8.59. The molecule has 11 heavy (non-hydrogen) atoms. The number of rotatable bonds is 3. The zero-order valence-corrected chi connectivity index (χ0v) is 8.54. The second kappa shape index (κ2) is 4.38. The van der Waals surface area contributed by atoms with Gasteiger partial charge in [-0.05, 0) is 0 Å². The molecule has 0 spiro atoms. The van der Waals surface area contributed by atoms with Gasteiger partial charge in [0.15, 0.2) is 0 Å². The molecule has 0 saturated carbocycles. The SMILES string of the molecule is C=C[I-]c1occc1/C=C\C. The van der Waals surface area contributed by atoms with Gasteiger partial charge in [-0.1, -0.05) is 0 Å².